The van der Waals surface area contributed by atoms with E-state index in [2.05, 4.69) is 81.5 Å². The third kappa shape index (κ3) is 51.9. The molecule has 65 heavy (non-hydrogen) atoms. The Labute approximate surface area is 402 Å². The summed E-state index contributed by atoms with van der Waals surface area (Å²) >= 11 is 0. The van der Waals surface area contributed by atoms with Crippen LogP contribution in [0.5, 0.6) is 0 Å². The molecule has 0 aromatic carbocycles. The molecule has 0 fully saturated rings. The van der Waals surface area contributed by atoms with Gasteiger partial charge in [0, 0.05) is 19.3 Å². The predicted molar refractivity (Wildman–Crippen MR) is 279 cm³/mol. The molecule has 0 spiro atoms. The van der Waals surface area contributed by atoms with Crippen molar-refractivity contribution in [1.82, 2.24) is 0 Å². The fourth-order valence-corrected chi connectivity index (χ4v) is 7.84. The fraction of sp³-hybridized carbons (Fsp3) is 0.780. The van der Waals surface area contributed by atoms with Crippen LogP contribution >= 0.6 is 0 Å². The lowest BCUT2D eigenvalue weighted by atomic mass is 10.0. The zero-order valence-corrected chi connectivity index (χ0v) is 43.0. The SMILES string of the molecule is CC/C=C\C/C=C\C/C=C\C/C=C\CCCCC(=O)OC(COC(=O)CCCCCCCCC/C=C\CCCCCCCC)COC(=O)CCCCCCCCCCCCCCCCC. The number of unbranched alkanes of at least 4 members (excludes halogenated alkanes) is 29. The second-order valence-corrected chi connectivity index (χ2v) is 18.5. The first-order chi connectivity index (χ1) is 32.0. The standard InChI is InChI=1S/C59H104O6/c1-4-7-10-13-16-19-22-25-28-29-32-34-37-40-43-46-49-52-58(61)64-55-56(65-59(62)53-50-47-44-41-38-35-31-27-24-21-18-15-12-9-6-3)54-63-57(60)51-48-45-42-39-36-33-30-26-23-20-17-14-11-8-5-2/h9,12,18,21,25,27-28,31,38,41,56H,4-8,10-11,13-17,19-20,22-24,26,29-30,32-37,39-40,42-55H2,1-3H3/b12-9-,21-18-,28-25-,31-27-,41-38-. The summed E-state index contributed by atoms with van der Waals surface area (Å²) in [5.41, 5.74) is 0. The quantitative estimate of drug-likeness (QED) is 0.0262. The largest absolute Gasteiger partial charge is 0.462 e. The number of ether oxygens (including phenoxy) is 3. The molecule has 0 N–H and O–H groups in total. The number of rotatable bonds is 50. The van der Waals surface area contributed by atoms with Crippen LogP contribution in [0.2, 0.25) is 0 Å². The summed E-state index contributed by atoms with van der Waals surface area (Å²) in [7, 11) is 0. The van der Waals surface area contributed by atoms with Gasteiger partial charge in [-0.2, -0.15) is 0 Å². The average Bonchev–Trinajstić information content (AvgIpc) is 3.30. The number of carbonyl (C=O) groups excluding carboxylic acids is 3. The Kier molecular flexibility index (Phi) is 51.3. The van der Waals surface area contributed by atoms with E-state index >= 15 is 0 Å². The zero-order chi connectivity index (χ0) is 47.2. The highest BCUT2D eigenvalue weighted by Gasteiger charge is 2.19. The van der Waals surface area contributed by atoms with Crippen LogP contribution in [0.15, 0.2) is 60.8 Å². The van der Waals surface area contributed by atoms with Crippen LogP contribution in [-0.4, -0.2) is 37.2 Å². The summed E-state index contributed by atoms with van der Waals surface area (Å²) in [6, 6.07) is 0. The second kappa shape index (κ2) is 53.7. The Bertz CT molecular complexity index is 1180. The maximum absolute atomic E-state index is 12.8. The van der Waals surface area contributed by atoms with Gasteiger partial charge in [-0.1, -0.05) is 236 Å². The van der Waals surface area contributed by atoms with Crippen molar-refractivity contribution in [2.75, 3.05) is 13.2 Å². The third-order valence-electron chi connectivity index (χ3n) is 12.0. The van der Waals surface area contributed by atoms with E-state index in [0.29, 0.717) is 19.3 Å². The number of allylic oxidation sites excluding steroid dienone is 10. The molecule has 6 heteroatoms. The van der Waals surface area contributed by atoms with E-state index in [9.17, 15) is 14.4 Å². The molecule has 1 unspecified atom stereocenters. The minimum Gasteiger partial charge on any atom is -0.462 e. The summed E-state index contributed by atoms with van der Waals surface area (Å²) in [4.78, 5) is 38.1. The first kappa shape index (κ1) is 62.1. The van der Waals surface area contributed by atoms with Crippen molar-refractivity contribution in [1.29, 1.82) is 0 Å². The highest BCUT2D eigenvalue weighted by atomic mass is 16.6. The van der Waals surface area contributed by atoms with Gasteiger partial charge in [-0.3, -0.25) is 14.4 Å². The van der Waals surface area contributed by atoms with Crippen LogP contribution in [-0.2, 0) is 28.6 Å². The molecule has 0 aliphatic carbocycles. The maximum atomic E-state index is 12.8. The molecule has 6 nitrogen and oxygen atoms in total. The van der Waals surface area contributed by atoms with Gasteiger partial charge >= 0.3 is 17.9 Å². The van der Waals surface area contributed by atoms with Crippen LogP contribution in [0, 0.1) is 0 Å². The molecule has 0 bridgehead atoms. The molecule has 0 radical (unpaired) electrons. The fourth-order valence-electron chi connectivity index (χ4n) is 7.84. The third-order valence-corrected chi connectivity index (χ3v) is 12.0. The predicted octanol–water partition coefficient (Wildman–Crippen LogP) is 18.4. The highest BCUT2D eigenvalue weighted by molar-refractivity contribution is 5.71. The van der Waals surface area contributed by atoms with Crippen molar-refractivity contribution in [3.63, 3.8) is 0 Å². The van der Waals surface area contributed by atoms with Crippen molar-refractivity contribution < 1.29 is 28.6 Å². The lowest BCUT2D eigenvalue weighted by Gasteiger charge is -2.18. The number of esters is 3. The number of carbonyl (C=O) groups is 3. The van der Waals surface area contributed by atoms with E-state index in [0.717, 1.165) is 77.0 Å². The van der Waals surface area contributed by atoms with Gasteiger partial charge in [0.05, 0.1) is 0 Å². The van der Waals surface area contributed by atoms with Crippen molar-refractivity contribution in [3.05, 3.63) is 60.8 Å². The Morgan fingerprint density at radius 2 is 0.600 bits per heavy atom. The van der Waals surface area contributed by atoms with Gasteiger partial charge in [0.1, 0.15) is 13.2 Å². The molecule has 0 saturated carbocycles. The molecular weight excluding hydrogens is 805 g/mol. The highest BCUT2D eigenvalue weighted by Crippen LogP contribution is 2.16. The molecule has 0 rings (SSSR count). The summed E-state index contributed by atoms with van der Waals surface area (Å²) in [5.74, 6) is -0.926. The second-order valence-electron chi connectivity index (χ2n) is 18.5. The van der Waals surface area contributed by atoms with E-state index in [-0.39, 0.29) is 37.5 Å². The molecule has 0 heterocycles. The van der Waals surface area contributed by atoms with Crippen molar-refractivity contribution in [3.8, 4) is 0 Å². The smallest absolute Gasteiger partial charge is 0.306 e. The lowest BCUT2D eigenvalue weighted by molar-refractivity contribution is -0.167. The van der Waals surface area contributed by atoms with Crippen LogP contribution in [0.25, 0.3) is 0 Å². The monoisotopic (exact) mass is 909 g/mol. The average molecular weight is 909 g/mol. The number of hydrogen-bond acceptors (Lipinski definition) is 6. The van der Waals surface area contributed by atoms with Gasteiger partial charge in [-0.05, 0) is 83.5 Å². The lowest BCUT2D eigenvalue weighted by Crippen LogP contribution is -2.30. The molecule has 0 aromatic heterocycles. The topological polar surface area (TPSA) is 78.9 Å². The van der Waals surface area contributed by atoms with Gasteiger partial charge < -0.3 is 14.2 Å². The van der Waals surface area contributed by atoms with Gasteiger partial charge in [-0.15, -0.1) is 0 Å². The van der Waals surface area contributed by atoms with Crippen LogP contribution in [0.1, 0.15) is 278 Å². The molecule has 0 aliphatic rings. The summed E-state index contributed by atoms with van der Waals surface area (Å²) in [6.07, 6.45) is 66.4. The van der Waals surface area contributed by atoms with Gasteiger partial charge in [-0.25, -0.2) is 0 Å². The van der Waals surface area contributed by atoms with Crippen LogP contribution in [0.4, 0.5) is 0 Å². The Morgan fingerprint density at radius 3 is 0.985 bits per heavy atom. The Hall–Kier alpha value is -2.89. The molecular formula is C59H104O6. The summed E-state index contributed by atoms with van der Waals surface area (Å²) in [6.45, 7) is 6.51. The van der Waals surface area contributed by atoms with E-state index in [1.807, 2.05) is 0 Å². The maximum Gasteiger partial charge on any atom is 0.306 e. The molecule has 0 saturated heterocycles. The molecule has 0 aliphatic heterocycles. The van der Waals surface area contributed by atoms with Gasteiger partial charge in [0.15, 0.2) is 6.10 Å². The molecule has 0 aromatic rings. The summed E-state index contributed by atoms with van der Waals surface area (Å²) < 4.78 is 16.8. The summed E-state index contributed by atoms with van der Waals surface area (Å²) in [5, 5.41) is 0. The van der Waals surface area contributed by atoms with Crippen molar-refractivity contribution >= 4 is 17.9 Å². The Balaban J connectivity index is 4.42. The Morgan fingerprint density at radius 1 is 0.323 bits per heavy atom. The molecule has 376 valence electrons. The first-order valence-corrected chi connectivity index (χ1v) is 27.8. The van der Waals surface area contributed by atoms with Crippen molar-refractivity contribution in [2.45, 2.75) is 284 Å². The minimum absolute atomic E-state index is 0.0898. The van der Waals surface area contributed by atoms with E-state index < -0.39 is 6.10 Å². The molecule has 1 atom stereocenters. The van der Waals surface area contributed by atoms with E-state index in [1.54, 1.807) is 0 Å². The minimum atomic E-state index is -0.795. The normalized spacial score (nSPS) is 12.5. The van der Waals surface area contributed by atoms with Gasteiger partial charge in [0.2, 0.25) is 0 Å². The van der Waals surface area contributed by atoms with E-state index in [1.165, 1.54) is 154 Å². The zero-order valence-electron chi connectivity index (χ0n) is 43.0. The van der Waals surface area contributed by atoms with Gasteiger partial charge in [0.25, 0.3) is 0 Å². The first-order valence-electron chi connectivity index (χ1n) is 27.8. The van der Waals surface area contributed by atoms with Crippen LogP contribution in [0.3, 0.4) is 0 Å². The van der Waals surface area contributed by atoms with Crippen LogP contribution < -0.4 is 0 Å². The van der Waals surface area contributed by atoms with E-state index in [4.69, 9.17) is 14.2 Å². The molecule has 0 amide bonds. The number of hydrogen-bond donors (Lipinski definition) is 0. The van der Waals surface area contributed by atoms with Crippen molar-refractivity contribution in [2.24, 2.45) is 0 Å².